The fourth-order valence-electron chi connectivity index (χ4n) is 1.35. The van der Waals surface area contributed by atoms with Crippen molar-refractivity contribution in [1.82, 2.24) is 9.97 Å². The third-order valence-electron chi connectivity index (χ3n) is 2.40. The molecule has 0 radical (unpaired) electrons. The maximum absolute atomic E-state index is 8.69. The number of hydrogen-bond acceptors (Lipinski definition) is 5. The minimum absolute atomic E-state index is 0.455. The smallest absolute Gasteiger partial charge is 0.138 e. The number of nitrogens with two attached hydrogens (primary N) is 1. The van der Waals surface area contributed by atoms with E-state index in [1.165, 1.54) is 6.33 Å². The van der Waals surface area contributed by atoms with Crippen LogP contribution < -0.4 is 11.1 Å². The van der Waals surface area contributed by atoms with Crippen molar-refractivity contribution >= 4 is 17.3 Å². The molecule has 0 aliphatic heterocycles. The van der Waals surface area contributed by atoms with Crippen LogP contribution in [0.2, 0.25) is 0 Å². The first kappa shape index (κ1) is 10.9. The molecule has 0 aliphatic carbocycles. The molecule has 0 atom stereocenters. The highest BCUT2D eigenvalue weighted by atomic mass is 15.0. The summed E-state index contributed by atoms with van der Waals surface area (Å²) in [4.78, 5) is 8.00. The Bertz CT molecular complexity index is 568. The van der Waals surface area contributed by atoms with Gasteiger partial charge in [0.2, 0.25) is 0 Å². The second kappa shape index (κ2) is 4.49. The predicted molar refractivity (Wildman–Crippen MR) is 65.6 cm³/mol. The first-order chi connectivity index (χ1) is 8.20. The normalized spacial score (nSPS) is 9.65. The standard InChI is InChI=1S/C12H11N5/c1-8-11(14)15-7-16-12(8)17-10-4-2-9(6-13)3-5-10/h2-5,7H,1H3,(H3,14,15,16,17). The molecule has 1 aromatic carbocycles. The van der Waals surface area contributed by atoms with Crippen LogP contribution in [0.3, 0.4) is 0 Å². The van der Waals surface area contributed by atoms with Crippen LogP contribution in [0.1, 0.15) is 11.1 Å². The predicted octanol–water partition coefficient (Wildman–Crippen LogP) is 1.98. The van der Waals surface area contributed by atoms with E-state index in [2.05, 4.69) is 21.4 Å². The molecule has 2 rings (SSSR count). The van der Waals surface area contributed by atoms with Crippen LogP contribution in [0, 0.1) is 18.3 Å². The highest BCUT2D eigenvalue weighted by molar-refractivity contribution is 5.63. The number of nitriles is 1. The molecule has 0 spiro atoms. The Kier molecular flexibility index (Phi) is 2.88. The lowest BCUT2D eigenvalue weighted by Gasteiger charge is -2.09. The zero-order valence-electron chi connectivity index (χ0n) is 9.31. The summed E-state index contributed by atoms with van der Waals surface area (Å²) in [6.45, 7) is 1.85. The molecule has 5 heteroatoms. The minimum atomic E-state index is 0.455. The lowest BCUT2D eigenvalue weighted by atomic mass is 10.2. The summed E-state index contributed by atoms with van der Waals surface area (Å²) in [5.41, 5.74) is 7.96. The van der Waals surface area contributed by atoms with E-state index in [-0.39, 0.29) is 0 Å². The number of anilines is 3. The van der Waals surface area contributed by atoms with Crippen LogP contribution in [0.4, 0.5) is 17.3 Å². The summed E-state index contributed by atoms with van der Waals surface area (Å²) in [7, 11) is 0. The van der Waals surface area contributed by atoms with E-state index in [4.69, 9.17) is 11.0 Å². The zero-order chi connectivity index (χ0) is 12.3. The van der Waals surface area contributed by atoms with Gasteiger partial charge in [0.1, 0.15) is 18.0 Å². The van der Waals surface area contributed by atoms with Crippen LogP contribution in [-0.2, 0) is 0 Å². The number of nitrogens with one attached hydrogen (secondary N) is 1. The van der Waals surface area contributed by atoms with E-state index >= 15 is 0 Å². The van der Waals surface area contributed by atoms with E-state index in [1.807, 2.05) is 19.1 Å². The number of aromatic nitrogens is 2. The zero-order valence-corrected chi connectivity index (χ0v) is 9.31. The summed E-state index contributed by atoms with van der Waals surface area (Å²) < 4.78 is 0. The fraction of sp³-hybridized carbons (Fsp3) is 0.0833. The number of rotatable bonds is 2. The van der Waals surface area contributed by atoms with Crippen molar-refractivity contribution in [3.8, 4) is 6.07 Å². The Hall–Kier alpha value is -2.61. The molecule has 0 unspecified atom stereocenters. The van der Waals surface area contributed by atoms with Gasteiger partial charge in [-0.05, 0) is 31.2 Å². The van der Waals surface area contributed by atoms with Crippen molar-refractivity contribution in [1.29, 1.82) is 5.26 Å². The molecule has 3 N–H and O–H groups in total. The Labute approximate surface area is 98.9 Å². The van der Waals surface area contributed by atoms with Crippen LogP contribution in [0.15, 0.2) is 30.6 Å². The van der Waals surface area contributed by atoms with Crippen molar-refractivity contribution in [3.05, 3.63) is 41.7 Å². The van der Waals surface area contributed by atoms with Crippen molar-refractivity contribution in [3.63, 3.8) is 0 Å². The monoisotopic (exact) mass is 225 g/mol. The van der Waals surface area contributed by atoms with Gasteiger partial charge in [-0.3, -0.25) is 0 Å². The van der Waals surface area contributed by atoms with E-state index in [0.29, 0.717) is 17.2 Å². The number of nitrogens with zero attached hydrogens (tertiary/aromatic N) is 3. The number of nitrogen functional groups attached to an aromatic ring is 1. The third kappa shape index (κ3) is 2.32. The second-order valence-electron chi connectivity index (χ2n) is 3.55. The van der Waals surface area contributed by atoms with E-state index in [9.17, 15) is 0 Å². The Morgan fingerprint density at radius 1 is 1.24 bits per heavy atom. The molecule has 0 fully saturated rings. The topological polar surface area (TPSA) is 87.6 Å². The fourth-order valence-corrected chi connectivity index (χ4v) is 1.35. The summed E-state index contributed by atoms with van der Waals surface area (Å²) in [6.07, 6.45) is 1.41. The van der Waals surface area contributed by atoms with Gasteiger partial charge in [-0.1, -0.05) is 0 Å². The van der Waals surface area contributed by atoms with Crippen molar-refractivity contribution in [2.45, 2.75) is 6.92 Å². The molecular formula is C12H11N5. The molecule has 1 heterocycles. The van der Waals surface area contributed by atoms with Crippen molar-refractivity contribution in [2.75, 3.05) is 11.1 Å². The molecule has 0 amide bonds. The molecule has 84 valence electrons. The van der Waals surface area contributed by atoms with Gasteiger partial charge in [0, 0.05) is 11.3 Å². The Morgan fingerprint density at radius 2 is 1.94 bits per heavy atom. The molecule has 17 heavy (non-hydrogen) atoms. The van der Waals surface area contributed by atoms with Crippen molar-refractivity contribution in [2.24, 2.45) is 0 Å². The van der Waals surface area contributed by atoms with E-state index in [0.717, 1.165) is 11.3 Å². The van der Waals surface area contributed by atoms with Crippen molar-refractivity contribution < 1.29 is 0 Å². The largest absolute Gasteiger partial charge is 0.383 e. The van der Waals surface area contributed by atoms with Gasteiger partial charge in [-0.15, -0.1) is 0 Å². The molecule has 0 saturated heterocycles. The van der Waals surface area contributed by atoms with Gasteiger partial charge in [-0.25, -0.2) is 9.97 Å². The first-order valence-electron chi connectivity index (χ1n) is 5.05. The summed E-state index contributed by atoms with van der Waals surface area (Å²) >= 11 is 0. The molecule has 5 nitrogen and oxygen atoms in total. The molecule has 2 aromatic rings. The van der Waals surface area contributed by atoms with E-state index in [1.54, 1.807) is 12.1 Å². The highest BCUT2D eigenvalue weighted by Crippen LogP contribution is 2.20. The van der Waals surface area contributed by atoms with Gasteiger partial charge in [0.25, 0.3) is 0 Å². The molecular weight excluding hydrogens is 214 g/mol. The maximum atomic E-state index is 8.69. The Morgan fingerprint density at radius 3 is 2.59 bits per heavy atom. The summed E-state index contributed by atoms with van der Waals surface area (Å²) in [5.74, 6) is 1.12. The lowest BCUT2D eigenvalue weighted by molar-refractivity contribution is 1.14. The van der Waals surface area contributed by atoms with Gasteiger partial charge in [0.15, 0.2) is 0 Å². The SMILES string of the molecule is Cc1c(N)ncnc1Nc1ccc(C#N)cc1. The average Bonchev–Trinajstić information content (AvgIpc) is 2.36. The minimum Gasteiger partial charge on any atom is -0.383 e. The molecule has 0 bridgehead atoms. The summed E-state index contributed by atoms with van der Waals surface area (Å²) in [6, 6.07) is 9.17. The molecule has 0 saturated carbocycles. The maximum Gasteiger partial charge on any atom is 0.138 e. The van der Waals surface area contributed by atoms with E-state index < -0.39 is 0 Å². The van der Waals surface area contributed by atoms with Crippen LogP contribution >= 0.6 is 0 Å². The van der Waals surface area contributed by atoms with Gasteiger partial charge in [0.05, 0.1) is 11.6 Å². The number of benzene rings is 1. The average molecular weight is 225 g/mol. The third-order valence-corrected chi connectivity index (χ3v) is 2.40. The first-order valence-corrected chi connectivity index (χ1v) is 5.05. The van der Waals surface area contributed by atoms with Crippen LogP contribution in [0.5, 0.6) is 0 Å². The van der Waals surface area contributed by atoms with Gasteiger partial charge in [-0.2, -0.15) is 5.26 Å². The highest BCUT2D eigenvalue weighted by Gasteiger charge is 2.04. The van der Waals surface area contributed by atoms with Gasteiger partial charge < -0.3 is 11.1 Å². The quantitative estimate of drug-likeness (QED) is 0.815. The Balaban J connectivity index is 2.26. The molecule has 0 aliphatic rings. The van der Waals surface area contributed by atoms with Gasteiger partial charge >= 0.3 is 0 Å². The lowest BCUT2D eigenvalue weighted by Crippen LogP contribution is -2.01. The molecule has 1 aromatic heterocycles. The second-order valence-corrected chi connectivity index (χ2v) is 3.55. The van der Waals surface area contributed by atoms with Crippen LogP contribution in [-0.4, -0.2) is 9.97 Å². The summed E-state index contributed by atoms with van der Waals surface area (Å²) in [5, 5.41) is 11.8. The van der Waals surface area contributed by atoms with Crippen LogP contribution in [0.25, 0.3) is 0 Å². The number of hydrogen-bond donors (Lipinski definition) is 2.